The van der Waals surface area contributed by atoms with Crippen LogP contribution in [-0.2, 0) is 103 Å². The van der Waals surface area contributed by atoms with Gasteiger partial charge < -0.3 is 77.1 Å². The number of hydrogen-bond donors (Lipinski definition) is 3. The largest absolute Gasteiger partial charge is 0.748 e. The van der Waals surface area contributed by atoms with E-state index in [0.29, 0.717) is 95.3 Å². The van der Waals surface area contributed by atoms with Crippen LogP contribution < -0.4 is 30.7 Å². The number of amides is 6. The van der Waals surface area contributed by atoms with Crippen LogP contribution >= 0.6 is 0 Å². The van der Waals surface area contributed by atoms with E-state index < -0.39 is 142 Å². The molecule has 5 aromatic carbocycles. The Bertz CT molecular complexity index is 5350. The van der Waals surface area contributed by atoms with Gasteiger partial charge in [-0.15, -0.1) is 0 Å². The Morgan fingerprint density at radius 3 is 0.733 bits per heavy atom. The van der Waals surface area contributed by atoms with Crippen LogP contribution in [0.2, 0.25) is 0 Å². The molecule has 0 bridgehead atoms. The third kappa shape index (κ3) is 31.8. The number of benzene rings is 5. The van der Waals surface area contributed by atoms with Gasteiger partial charge in [0.05, 0.1) is 124 Å². The highest BCUT2D eigenvalue weighted by Crippen LogP contribution is 2.41. The Labute approximate surface area is 701 Å². The normalized spacial score (nSPS) is 11.2. The van der Waals surface area contributed by atoms with Crippen molar-refractivity contribution >= 4 is 150 Å². The molecule has 0 saturated carbocycles. The van der Waals surface area contributed by atoms with Crippen molar-refractivity contribution < 1.29 is 141 Å². The van der Waals surface area contributed by atoms with E-state index in [-0.39, 0.29) is 52.1 Å². The highest BCUT2D eigenvalue weighted by Gasteiger charge is 2.31. The smallest absolute Gasteiger partial charge is 0.338 e. The van der Waals surface area contributed by atoms with Crippen LogP contribution in [0.5, 0.6) is 0 Å². The van der Waals surface area contributed by atoms with Gasteiger partial charge in [-0.05, 0) is 231 Å². The van der Waals surface area contributed by atoms with Crippen molar-refractivity contribution in [3.05, 3.63) is 134 Å². The minimum Gasteiger partial charge on any atom is -0.748 e. The topological polar surface area (TPSA) is 566 Å². The number of esters is 5. The summed E-state index contributed by atoms with van der Waals surface area (Å²) in [5.74, 6) is -9.62. The molecule has 0 radical (unpaired) electrons. The molecule has 0 saturated heterocycles. The molecule has 0 aliphatic rings. The van der Waals surface area contributed by atoms with Crippen molar-refractivity contribution in [3.63, 3.8) is 0 Å². The van der Waals surface area contributed by atoms with Gasteiger partial charge in [-0.3, -0.25) is 28.8 Å². The molecule has 37 nitrogen and oxygen atoms in total. The van der Waals surface area contributed by atoms with Crippen LogP contribution in [0.3, 0.4) is 0 Å². The molecule has 5 rings (SSSR count). The van der Waals surface area contributed by atoms with E-state index in [4.69, 9.17) is 23.7 Å². The van der Waals surface area contributed by atoms with Crippen LogP contribution in [0.15, 0.2) is 6.07 Å². The van der Waals surface area contributed by atoms with Crippen molar-refractivity contribution in [2.45, 2.75) is 166 Å². The second-order valence-corrected chi connectivity index (χ2v) is 35.4. The van der Waals surface area contributed by atoms with Crippen molar-refractivity contribution in [2.24, 2.45) is 0 Å². The first kappa shape index (κ1) is 108. The molecule has 5 aromatic rings. The number of rotatable bonds is 26. The number of hydrogen-bond acceptors (Lipinski definition) is 31. The molecular formula is C78H105N6O31S5-5. The zero-order valence-corrected chi connectivity index (χ0v) is 76.3. The molecule has 42 heteroatoms. The van der Waals surface area contributed by atoms with E-state index in [2.05, 4.69) is 16.0 Å². The third-order valence-electron chi connectivity index (χ3n) is 19.3. The first-order valence-corrected chi connectivity index (χ1v) is 44.1. The molecule has 0 unspecified atom stereocenters. The Kier molecular flexibility index (Phi) is 40.4. The summed E-state index contributed by atoms with van der Waals surface area (Å²) in [4.78, 5) is 136. The molecule has 0 aliphatic carbocycles. The molecule has 0 aromatic heterocycles. The molecule has 120 heavy (non-hydrogen) atoms. The molecule has 0 spiro atoms. The van der Waals surface area contributed by atoms with Crippen LogP contribution in [-0.4, -0.2) is 213 Å². The van der Waals surface area contributed by atoms with Crippen molar-refractivity contribution in [2.75, 3.05) is 114 Å². The van der Waals surface area contributed by atoms with E-state index in [9.17, 15) is 118 Å². The maximum atomic E-state index is 12.6. The second kappa shape index (κ2) is 44.9. The van der Waals surface area contributed by atoms with Crippen LogP contribution in [0.25, 0.3) is 0 Å². The highest BCUT2D eigenvalue weighted by molar-refractivity contribution is 7.86. The number of carbonyl (C=O) groups excluding carboxylic acids is 11. The minimum absolute atomic E-state index is 0.0754. The molecule has 0 fully saturated rings. The SMILES string of the molecule is CC(=O)N(C)c1c(C)c(C(=O)OCCS(=O)(=O)[O-])c(C)c(N(C)C(C)=O)c1C.CC(=O)Nc1c(C)c(C(=O)OCCS(=O)(=O)[O-])c(C)c(N(C)C(C)=O)c1C.CC(=O)Nc1c(C)c(NC(C)=O)c(C)c(C(=O)OCCS(=O)(=O)[O-])c1C.Cc1c(C)c(C)c(C(=O)OCCS(=O)(=O)[O-])c(C)c1C.Cc1cc(C(=O)OCCS(=O)(=O)[O-])c(C)c(C)c1C. The lowest BCUT2D eigenvalue weighted by atomic mass is 9.90. The summed E-state index contributed by atoms with van der Waals surface area (Å²) in [6.45, 7) is 37.2. The zero-order valence-electron chi connectivity index (χ0n) is 72.2. The van der Waals surface area contributed by atoms with Gasteiger partial charge in [0.2, 0.25) is 35.4 Å². The molecule has 3 N–H and O–H groups in total. The summed E-state index contributed by atoms with van der Waals surface area (Å²) in [5.41, 5.74) is 16.5. The minimum atomic E-state index is -4.53. The van der Waals surface area contributed by atoms with Crippen molar-refractivity contribution in [1.29, 1.82) is 0 Å². The maximum Gasteiger partial charge on any atom is 0.338 e. The van der Waals surface area contributed by atoms with Gasteiger partial charge in [-0.25, -0.2) is 66.1 Å². The molecule has 668 valence electrons. The first-order valence-electron chi connectivity index (χ1n) is 36.2. The lowest BCUT2D eigenvalue weighted by molar-refractivity contribution is -0.117. The number of ether oxygens (including phenoxy) is 5. The van der Waals surface area contributed by atoms with E-state index in [1.54, 1.807) is 82.5 Å². The lowest BCUT2D eigenvalue weighted by Gasteiger charge is -2.29. The Morgan fingerprint density at radius 2 is 0.483 bits per heavy atom. The van der Waals surface area contributed by atoms with Gasteiger partial charge in [0.15, 0.2) is 0 Å². The van der Waals surface area contributed by atoms with Crippen molar-refractivity contribution in [3.8, 4) is 0 Å². The van der Waals surface area contributed by atoms with Gasteiger partial charge in [0.25, 0.3) is 0 Å². The van der Waals surface area contributed by atoms with Crippen molar-refractivity contribution in [1.82, 2.24) is 0 Å². The van der Waals surface area contributed by atoms with Gasteiger partial charge >= 0.3 is 29.8 Å². The Morgan fingerprint density at radius 1 is 0.275 bits per heavy atom. The summed E-state index contributed by atoms with van der Waals surface area (Å²) in [5, 5.41) is 7.88. The summed E-state index contributed by atoms with van der Waals surface area (Å²) in [6.07, 6.45) is 0. The van der Waals surface area contributed by atoms with Crippen LogP contribution in [0.4, 0.5) is 34.1 Å². The molecule has 0 aliphatic heterocycles. The predicted octanol–water partition coefficient (Wildman–Crippen LogP) is 7.32. The standard InChI is InChI=1S/C18H26N2O7S.C17H24N2O7S.C16H22N2O7S.C14H20O5S.C13H18O5S/c1-10-15(18(23)27-8-9-28(24,25)26)11(2)17(20(7)14(5)22)12(3)16(10)19(6)13(4)21;1-9-14(17(22)26-7-8-27(23,24)25)10(2)16(19(6)13(5)21)11(3)15(9)18-12(4)20;1-8-13(16(21)25-6-7-26(22,23)24)9(2)15(18-12(5)20)10(3)14(8)17-11(4)19;1-8-9(2)11(4)13(12(5)10(8)3)14(15)19-6-7-20(16,17)18;1-8-7-12(11(4)10(3)9(8)2)13(14)18-5-6-19(15,16)17/h8-9H2,1-7H3,(H,24,25,26);7-8H2,1-6H3,(H,18,20)(H,23,24,25);6-7H2,1-5H3,(H,17,19)(H,18,20)(H,22,23,24);6-7H2,1-5H3,(H,16,17,18);7H,5-6H2,1-4H3,(H,15,16,17)/p-5. The highest BCUT2D eigenvalue weighted by atomic mass is 32.2. The van der Waals surface area contributed by atoms with Gasteiger partial charge in [-0.1, -0.05) is 0 Å². The number of anilines is 6. The molecule has 0 heterocycles. The average Bonchev–Trinajstić information content (AvgIpc) is 0.774. The molecule has 6 amide bonds. The van der Waals surface area contributed by atoms with Crippen LogP contribution in [0, 0.1) is 125 Å². The summed E-state index contributed by atoms with van der Waals surface area (Å²) >= 11 is 0. The summed E-state index contributed by atoms with van der Waals surface area (Å²) < 4.78 is 183. The third-order valence-corrected chi connectivity index (χ3v) is 22.6. The number of aryl methyl sites for hydroxylation is 1. The van der Waals surface area contributed by atoms with Gasteiger partial charge in [-0.2, -0.15) is 0 Å². The van der Waals surface area contributed by atoms with E-state index >= 15 is 0 Å². The number of nitrogens with one attached hydrogen (secondary N) is 3. The fourth-order valence-electron chi connectivity index (χ4n) is 12.4. The summed E-state index contributed by atoms with van der Waals surface area (Å²) in [6, 6.07) is 1.71. The zero-order chi connectivity index (χ0) is 93.8. The average molecular weight is 1780 g/mol. The van der Waals surface area contributed by atoms with Gasteiger partial charge in [0, 0.05) is 79.7 Å². The Balaban J connectivity index is 0.000000756. The number of nitrogens with zero attached hydrogens (tertiary/aromatic N) is 3. The fourth-order valence-corrected chi connectivity index (χ4v) is 13.8. The van der Waals surface area contributed by atoms with Gasteiger partial charge in [0.1, 0.15) is 33.0 Å². The molecule has 0 atom stereocenters. The van der Waals surface area contributed by atoms with E-state index in [1.807, 2.05) is 62.3 Å². The molecular weight excluding hydrogens is 1680 g/mol. The van der Waals surface area contributed by atoms with Crippen LogP contribution in [0.1, 0.15) is 193 Å². The van der Waals surface area contributed by atoms with E-state index in [0.717, 1.165) is 50.1 Å². The number of carbonyl (C=O) groups is 11. The second-order valence-electron chi connectivity index (χ2n) is 27.8. The summed E-state index contributed by atoms with van der Waals surface area (Å²) in [7, 11) is -17.7. The monoisotopic (exact) mass is 1780 g/mol. The maximum absolute atomic E-state index is 12.6. The fraction of sp³-hybridized carbons (Fsp3) is 0.474. The van der Waals surface area contributed by atoms with E-state index in [1.165, 1.54) is 63.3 Å². The quantitative estimate of drug-likeness (QED) is 0.0277. The lowest BCUT2D eigenvalue weighted by Crippen LogP contribution is -2.30. The first-order chi connectivity index (χ1) is 54.5. The Hall–Kier alpha value is -10.2. The predicted molar refractivity (Wildman–Crippen MR) is 442 cm³/mol.